The number of benzene rings is 1. The molecule has 0 spiro atoms. The van der Waals surface area contributed by atoms with Gasteiger partial charge in [-0.15, -0.1) is 0 Å². The summed E-state index contributed by atoms with van der Waals surface area (Å²) in [6.07, 6.45) is 4.64. The van der Waals surface area contributed by atoms with Crippen LogP contribution in [0.1, 0.15) is 16.1 Å². The first kappa shape index (κ1) is 14.8. The molecule has 0 saturated heterocycles. The Kier molecular flexibility index (Phi) is 4.33. The Morgan fingerprint density at radius 1 is 1.30 bits per heavy atom. The number of nitrogens with one attached hydrogen (secondary N) is 1. The van der Waals surface area contributed by atoms with E-state index in [0.29, 0.717) is 18.1 Å². The summed E-state index contributed by atoms with van der Waals surface area (Å²) in [7, 11) is 1.58. The Labute approximate surface area is 133 Å². The second-order valence-corrected chi connectivity index (χ2v) is 4.81. The maximum absolute atomic E-state index is 12.3. The molecule has 0 aliphatic heterocycles. The molecule has 0 aliphatic rings. The van der Waals surface area contributed by atoms with Crippen molar-refractivity contribution in [3.63, 3.8) is 0 Å². The summed E-state index contributed by atoms with van der Waals surface area (Å²) < 4.78 is 10.6. The predicted octanol–water partition coefficient (Wildman–Crippen LogP) is 2.68. The van der Waals surface area contributed by atoms with E-state index in [4.69, 9.17) is 9.15 Å². The van der Waals surface area contributed by atoms with Gasteiger partial charge in [0.1, 0.15) is 5.75 Å². The van der Waals surface area contributed by atoms with Crippen molar-refractivity contribution in [2.75, 3.05) is 7.11 Å². The van der Waals surface area contributed by atoms with Gasteiger partial charge in [0.05, 0.1) is 7.11 Å². The zero-order chi connectivity index (χ0) is 16.1. The third kappa shape index (κ3) is 3.37. The molecule has 1 amide bonds. The second-order valence-electron chi connectivity index (χ2n) is 4.81. The highest BCUT2D eigenvalue weighted by Crippen LogP contribution is 2.26. The lowest BCUT2D eigenvalue weighted by atomic mass is 10.1. The van der Waals surface area contributed by atoms with Crippen molar-refractivity contribution in [3.05, 3.63) is 66.4 Å². The minimum absolute atomic E-state index is 0.238. The highest BCUT2D eigenvalue weighted by atomic mass is 16.5. The molecule has 23 heavy (non-hydrogen) atoms. The lowest BCUT2D eigenvalue weighted by Gasteiger charge is -2.05. The van der Waals surface area contributed by atoms with E-state index in [9.17, 15) is 4.79 Å². The van der Waals surface area contributed by atoms with Gasteiger partial charge in [-0.1, -0.05) is 18.2 Å². The standard InChI is InChI=1S/C17H15N3O3/c1-22-14-6-2-5-13(8-14)16-15(20-11-23-16)17(21)19-10-12-4-3-7-18-9-12/h2-9,11H,10H2,1H3,(H,19,21). The molecule has 2 heterocycles. The van der Waals surface area contributed by atoms with Crippen LogP contribution in [-0.4, -0.2) is 23.0 Å². The first-order chi connectivity index (χ1) is 11.3. The number of oxazole rings is 1. The summed E-state index contributed by atoms with van der Waals surface area (Å²) in [5.41, 5.74) is 1.88. The molecule has 0 fully saturated rings. The number of carbonyl (C=O) groups excluding carboxylic acids is 1. The molecule has 1 N–H and O–H groups in total. The van der Waals surface area contributed by atoms with Crippen LogP contribution in [-0.2, 0) is 6.54 Å². The van der Waals surface area contributed by atoms with Crippen molar-refractivity contribution in [1.82, 2.24) is 15.3 Å². The molecule has 3 aromatic rings. The second kappa shape index (κ2) is 6.74. The number of rotatable bonds is 5. The van der Waals surface area contributed by atoms with Crippen molar-refractivity contribution in [1.29, 1.82) is 0 Å². The molecular weight excluding hydrogens is 294 g/mol. The Hall–Kier alpha value is -3.15. The minimum Gasteiger partial charge on any atom is -0.497 e. The number of ether oxygens (including phenoxy) is 1. The summed E-state index contributed by atoms with van der Waals surface area (Å²) in [5, 5.41) is 2.81. The predicted molar refractivity (Wildman–Crippen MR) is 83.9 cm³/mol. The van der Waals surface area contributed by atoms with Crippen molar-refractivity contribution in [2.24, 2.45) is 0 Å². The molecule has 0 radical (unpaired) electrons. The number of amides is 1. The molecule has 0 atom stereocenters. The van der Waals surface area contributed by atoms with Crippen LogP contribution in [0.25, 0.3) is 11.3 Å². The van der Waals surface area contributed by atoms with Crippen molar-refractivity contribution in [3.8, 4) is 17.1 Å². The fourth-order valence-corrected chi connectivity index (χ4v) is 2.15. The molecule has 0 bridgehead atoms. The zero-order valence-electron chi connectivity index (χ0n) is 12.5. The third-order valence-electron chi connectivity index (χ3n) is 3.29. The van der Waals surface area contributed by atoms with Gasteiger partial charge in [0, 0.05) is 24.5 Å². The van der Waals surface area contributed by atoms with Gasteiger partial charge >= 0.3 is 0 Å². The van der Waals surface area contributed by atoms with Gasteiger partial charge in [-0.25, -0.2) is 4.98 Å². The van der Waals surface area contributed by atoms with Gasteiger partial charge in [-0.3, -0.25) is 9.78 Å². The minimum atomic E-state index is -0.305. The van der Waals surface area contributed by atoms with Crippen LogP contribution < -0.4 is 10.1 Å². The number of methoxy groups -OCH3 is 1. The maximum Gasteiger partial charge on any atom is 0.274 e. The summed E-state index contributed by atoms with van der Waals surface area (Å²) in [6.45, 7) is 0.372. The molecule has 116 valence electrons. The molecule has 3 rings (SSSR count). The van der Waals surface area contributed by atoms with Gasteiger partial charge < -0.3 is 14.5 Å². The normalized spacial score (nSPS) is 10.3. The van der Waals surface area contributed by atoms with Crippen LogP contribution >= 0.6 is 0 Å². The molecule has 0 aliphatic carbocycles. The summed E-state index contributed by atoms with van der Waals surface area (Å²) in [6, 6.07) is 11.0. The van der Waals surface area contributed by atoms with Crippen LogP contribution in [0.4, 0.5) is 0 Å². The number of hydrogen-bond donors (Lipinski definition) is 1. The first-order valence-electron chi connectivity index (χ1n) is 7.03. The zero-order valence-corrected chi connectivity index (χ0v) is 12.5. The molecule has 6 heteroatoms. The lowest BCUT2D eigenvalue weighted by Crippen LogP contribution is -2.23. The topological polar surface area (TPSA) is 77.2 Å². The van der Waals surface area contributed by atoms with E-state index in [1.807, 2.05) is 30.3 Å². The van der Waals surface area contributed by atoms with Crippen LogP contribution in [0.3, 0.4) is 0 Å². The SMILES string of the molecule is COc1cccc(-c2ocnc2C(=O)NCc2cccnc2)c1. The highest BCUT2D eigenvalue weighted by molar-refractivity contribution is 5.97. The van der Waals surface area contributed by atoms with E-state index >= 15 is 0 Å². The number of nitrogens with zero attached hydrogens (tertiary/aromatic N) is 2. The highest BCUT2D eigenvalue weighted by Gasteiger charge is 2.18. The van der Waals surface area contributed by atoms with Gasteiger partial charge in [0.2, 0.25) is 0 Å². The molecular formula is C17H15N3O3. The number of carbonyl (C=O) groups is 1. The molecule has 0 unspecified atom stereocenters. The van der Waals surface area contributed by atoms with Crippen LogP contribution in [0, 0.1) is 0 Å². The third-order valence-corrected chi connectivity index (χ3v) is 3.29. The van der Waals surface area contributed by atoms with Gasteiger partial charge in [0.25, 0.3) is 5.91 Å². The molecule has 6 nitrogen and oxygen atoms in total. The Balaban J connectivity index is 1.78. The van der Waals surface area contributed by atoms with E-state index in [1.54, 1.807) is 25.6 Å². The average Bonchev–Trinajstić information content (AvgIpc) is 3.10. The van der Waals surface area contributed by atoms with Gasteiger partial charge in [-0.05, 0) is 23.8 Å². The fourth-order valence-electron chi connectivity index (χ4n) is 2.15. The Morgan fingerprint density at radius 3 is 3.00 bits per heavy atom. The average molecular weight is 309 g/mol. The van der Waals surface area contributed by atoms with E-state index in [2.05, 4.69) is 15.3 Å². The van der Waals surface area contributed by atoms with Crippen molar-refractivity contribution >= 4 is 5.91 Å². The van der Waals surface area contributed by atoms with Crippen LogP contribution in [0.2, 0.25) is 0 Å². The summed E-state index contributed by atoms with van der Waals surface area (Å²) >= 11 is 0. The van der Waals surface area contributed by atoms with Crippen molar-refractivity contribution < 1.29 is 13.9 Å². The fraction of sp³-hybridized carbons (Fsp3) is 0.118. The first-order valence-corrected chi connectivity index (χ1v) is 7.03. The maximum atomic E-state index is 12.3. The smallest absolute Gasteiger partial charge is 0.274 e. The Morgan fingerprint density at radius 2 is 2.22 bits per heavy atom. The molecule has 0 saturated carbocycles. The summed E-state index contributed by atoms with van der Waals surface area (Å²) in [5.74, 6) is 0.786. The quantitative estimate of drug-likeness (QED) is 0.784. The van der Waals surface area contributed by atoms with Crippen LogP contribution in [0.5, 0.6) is 5.75 Å². The number of hydrogen-bond acceptors (Lipinski definition) is 5. The van der Waals surface area contributed by atoms with Gasteiger partial charge in [0.15, 0.2) is 17.8 Å². The van der Waals surface area contributed by atoms with Crippen molar-refractivity contribution in [2.45, 2.75) is 6.54 Å². The molecule has 2 aromatic heterocycles. The molecule has 1 aromatic carbocycles. The summed E-state index contributed by atoms with van der Waals surface area (Å²) in [4.78, 5) is 20.4. The Bertz CT molecular complexity index is 800. The van der Waals surface area contributed by atoms with Gasteiger partial charge in [-0.2, -0.15) is 0 Å². The monoisotopic (exact) mass is 309 g/mol. The van der Waals surface area contributed by atoms with Crippen LogP contribution in [0.15, 0.2) is 59.6 Å². The van der Waals surface area contributed by atoms with E-state index < -0.39 is 0 Å². The van der Waals surface area contributed by atoms with E-state index in [1.165, 1.54) is 6.39 Å². The largest absolute Gasteiger partial charge is 0.497 e. The number of pyridine rings is 1. The van der Waals surface area contributed by atoms with E-state index in [0.717, 1.165) is 11.1 Å². The lowest BCUT2D eigenvalue weighted by molar-refractivity contribution is 0.0946. The number of aromatic nitrogens is 2. The van der Waals surface area contributed by atoms with E-state index in [-0.39, 0.29) is 11.6 Å².